The minimum Gasteiger partial charge on any atom is -0.416 e. The highest BCUT2D eigenvalue weighted by molar-refractivity contribution is 6.13. The average Bonchev–Trinajstić information content (AvgIpc) is 3.69. The number of allylic oxidation sites excluding steroid dienone is 1. The Balaban J connectivity index is 1.03. The number of rotatable bonds is 7. The molecule has 0 amide bonds. The number of aromatic nitrogens is 2. The monoisotopic (exact) mass is 662 g/mol. The molecule has 1 unspecified atom stereocenters. The molecule has 0 fully saturated rings. The first-order valence-electron chi connectivity index (χ1n) is 17.3. The molecule has 2 heterocycles. The fourth-order valence-corrected chi connectivity index (χ4v) is 6.38. The number of nitrogens with one attached hydrogen (secondary N) is 1. The molecule has 0 aliphatic carbocycles. The van der Waals surface area contributed by atoms with Crippen LogP contribution in [-0.2, 0) is 5.41 Å². The second-order valence-corrected chi connectivity index (χ2v) is 13.9. The normalized spacial score (nSPS) is 14.4. The van der Waals surface area contributed by atoms with E-state index in [0.717, 1.165) is 61.5 Å². The summed E-state index contributed by atoms with van der Waals surface area (Å²) in [7, 11) is 0. The van der Waals surface area contributed by atoms with Gasteiger partial charge in [-0.3, -0.25) is 4.99 Å². The van der Waals surface area contributed by atoms with Crippen molar-refractivity contribution in [1.29, 1.82) is 0 Å². The first kappa shape index (κ1) is 31.9. The van der Waals surface area contributed by atoms with Crippen LogP contribution in [0.5, 0.6) is 0 Å². The Kier molecular flexibility index (Phi) is 8.46. The van der Waals surface area contributed by atoms with Gasteiger partial charge in [0.25, 0.3) is 0 Å². The second-order valence-electron chi connectivity index (χ2n) is 13.9. The van der Waals surface area contributed by atoms with Crippen molar-refractivity contribution < 1.29 is 4.42 Å². The van der Waals surface area contributed by atoms with Crippen molar-refractivity contribution in [2.24, 2.45) is 4.99 Å². The van der Waals surface area contributed by atoms with E-state index < -0.39 is 0 Å². The van der Waals surface area contributed by atoms with Crippen LogP contribution in [0.2, 0.25) is 0 Å². The molecule has 0 radical (unpaired) electrons. The van der Waals surface area contributed by atoms with E-state index >= 15 is 0 Å². The molecule has 7 aromatic rings. The molecule has 0 bridgehead atoms. The van der Waals surface area contributed by atoms with Crippen LogP contribution in [0.1, 0.15) is 49.2 Å². The van der Waals surface area contributed by atoms with Crippen molar-refractivity contribution >= 4 is 11.4 Å². The second kappa shape index (κ2) is 13.5. The average molecular weight is 663 g/mol. The lowest BCUT2D eigenvalue weighted by Gasteiger charge is -2.25. The zero-order valence-corrected chi connectivity index (χ0v) is 28.9. The van der Waals surface area contributed by atoms with Crippen LogP contribution in [0.15, 0.2) is 173 Å². The summed E-state index contributed by atoms with van der Waals surface area (Å²) in [4.78, 5) is 5.08. The Morgan fingerprint density at radius 3 is 1.63 bits per heavy atom. The molecule has 6 aromatic carbocycles. The van der Waals surface area contributed by atoms with E-state index in [2.05, 4.69) is 164 Å². The van der Waals surface area contributed by atoms with Gasteiger partial charge in [-0.25, -0.2) is 0 Å². The van der Waals surface area contributed by atoms with E-state index in [1.54, 1.807) is 0 Å². The van der Waals surface area contributed by atoms with Crippen LogP contribution >= 0.6 is 0 Å². The van der Waals surface area contributed by atoms with E-state index in [9.17, 15) is 0 Å². The third-order valence-electron chi connectivity index (χ3n) is 9.28. The lowest BCUT2D eigenvalue weighted by Crippen LogP contribution is -2.24. The lowest BCUT2D eigenvalue weighted by atomic mass is 9.87. The summed E-state index contributed by atoms with van der Waals surface area (Å²) in [5.74, 6) is 1.02. The van der Waals surface area contributed by atoms with Crippen LogP contribution in [0, 0.1) is 0 Å². The van der Waals surface area contributed by atoms with Gasteiger partial charge in [-0.15, -0.1) is 10.2 Å². The molecule has 5 nitrogen and oxygen atoms in total. The van der Waals surface area contributed by atoms with Crippen LogP contribution in [0.4, 0.5) is 0 Å². The molecule has 1 N–H and O–H groups in total. The van der Waals surface area contributed by atoms with Gasteiger partial charge in [0.1, 0.15) is 6.17 Å². The van der Waals surface area contributed by atoms with Crippen LogP contribution in [-0.4, -0.2) is 15.9 Å². The Bertz CT molecular complexity index is 2350. The number of aliphatic imine (C=N–C) groups is 1. The summed E-state index contributed by atoms with van der Waals surface area (Å²) in [6, 6.07) is 54.7. The number of hydrogen-bond acceptors (Lipinski definition) is 5. The summed E-state index contributed by atoms with van der Waals surface area (Å²) >= 11 is 0. The molecule has 1 aliphatic rings. The molecular formula is C46H38N4O. The predicted molar refractivity (Wildman–Crippen MR) is 208 cm³/mol. The Hall–Kier alpha value is -6.33. The van der Waals surface area contributed by atoms with Crippen molar-refractivity contribution in [2.75, 3.05) is 0 Å². The molecule has 0 spiro atoms. The maximum absolute atomic E-state index is 6.13. The highest BCUT2D eigenvalue weighted by atomic mass is 16.4. The summed E-state index contributed by atoms with van der Waals surface area (Å²) in [6.07, 6.45) is 1.97. The Morgan fingerprint density at radius 2 is 1.00 bits per heavy atom. The molecule has 0 saturated carbocycles. The fourth-order valence-electron chi connectivity index (χ4n) is 6.38. The first-order valence-corrected chi connectivity index (χ1v) is 17.3. The smallest absolute Gasteiger partial charge is 0.248 e. The molecule has 0 saturated heterocycles. The highest BCUT2D eigenvalue weighted by Gasteiger charge is 2.20. The molecule has 8 rings (SSSR count). The number of benzene rings is 6. The SMILES string of the molecule is CC(C)(C)c1ccc(-c2nnc(-c3cccc(-c4ccc(-c5cccc(C6=CC(c7ccccc7)=NC(c7ccccc7)N6)c5)cc4)c3)o2)cc1. The van der Waals surface area contributed by atoms with Gasteiger partial charge in [0, 0.05) is 16.8 Å². The lowest BCUT2D eigenvalue weighted by molar-refractivity contribution is 0.582. The van der Waals surface area contributed by atoms with Gasteiger partial charge in [0.2, 0.25) is 11.8 Å². The van der Waals surface area contributed by atoms with Gasteiger partial charge in [0.15, 0.2) is 0 Å². The summed E-state index contributed by atoms with van der Waals surface area (Å²) in [5.41, 5.74) is 13.0. The largest absolute Gasteiger partial charge is 0.416 e. The molecule has 1 atom stereocenters. The maximum atomic E-state index is 6.13. The summed E-state index contributed by atoms with van der Waals surface area (Å²) < 4.78 is 6.13. The quantitative estimate of drug-likeness (QED) is 0.184. The zero-order chi connectivity index (χ0) is 34.8. The van der Waals surface area contributed by atoms with E-state index in [4.69, 9.17) is 9.41 Å². The van der Waals surface area contributed by atoms with Gasteiger partial charge in [-0.2, -0.15) is 0 Å². The molecule has 51 heavy (non-hydrogen) atoms. The number of hydrogen-bond donors (Lipinski definition) is 1. The predicted octanol–water partition coefficient (Wildman–Crippen LogP) is 11.2. The van der Waals surface area contributed by atoms with E-state index in [-0.39, 0.29) is 11.6 Å². The topological polar surface area (TPSA) is 63.3 Å². The highest BCUT2D eigenvalue weighted by Crippen LogP contribution is 2.33. The standard InChI is InChI=1S/C46H38N4O/c1-46(2,3)40-26-24-35(25-27-40)44-49-50-45(51-44)39-19-11-17-37(29-39)32-22-20-31(21-23-32)36-16-10-18-38(28-36)42-30-41(33-12-6-4-7-13-33)47-43(48-42)34-14-8-5-9-15-34/h4-30,43,48H,1-3H3. The summed E-state index contributed by atoms with van der Waals surface area (Å²) in [6.45, 7) is 6.62. The molecular weight excluding hydrogens is 625 g/mol. The third kappa shape index (κ3) is 6.92. The third-order valence-corrected chi connectivity index (χ3v) is 9.28. The van der Waals surface area contributed by atoms with Crippen molar-refractivity contribution in [3.8, 4) is 45.2 Å². The molecule has 5 heteroatoms. The van der Waals surface area contributed by atoms with E-state index in [1.165, 1.54) is 5.56 Å². The summed E-state index contributed by atoms with van der Waals surface area (Å²) in [5, 5.41) is 12.4. The first-order chi connectivity index (χ1) is 24.9. The van der Waals surface area contributed by atoms with Crippen molar-refractivity contribution in [2.45, 2.75) is 32.4 Å². The van der Waals surface area contributed by atoms with Crippen LogP contribution in [0.25, 0.3) is 50.9 Å². The van der Waals surface area contributed by atoms with Gasteiger partial charge >= 0.3 is 0 Å². The minimum atomic E-state index is -0.182. The Labute approximate surface area is 299 Å². The van der Waals surface area contributed by atoms with Gasteiger partial charge < -0.3 is 9.73 Å². The fraction of sp³-hybridized carbons (Fsp3) is 0.109. The molecule has 1 aliphatic heterocycles. The van der Waals surface area contributed by atoms with Crippen molar-refractivity contribution in [1.82, 2.24) is 15.5 Å². The molecule has 248 valence electrons. The maximum Gasteiger partial charge on any atom is 0.248 e. The molecule has 1 aromatic heterocycles. The minimum absolute atomic E-state index is 0.0845. The van der Waals surface area contributed by atoms with Gasteiger partial charge in [-0.1, -0.05) is 148 Å². The van der Waals surface area contributed by atoms with E-state index in [0.29, 0.717) is 11.8 Å². The zero-order valence-electron chi connectivity index (χ0n) is 28.9. The van der Waals surface area contributed by atoms with Crippen molar-refractivity contribution in [3.05, 3.63) is 186 Å². The van der Waals surface area contributed by atoms with Crippen molar-refractivity contribution in [3.63, 3.8) is 0 Å². The number of nitrogens with zero attached hydrogens (tertiary/aromatic N) is 3. The van der Waals surface area contributed by atoms with Gasteiger partial charge in [-0.05, 0) is 86.3 Å². The van der Waals surface area contributed by atoms with Gasteiger partial charge in [0.05, 0.1) is 5.71 Å². The van der Waals surface area contributed by atoms with Crippen LogP contribution < -0.4 is 5.32 Å². The Morgan fingerprint density at radius 1 is 0.490 bits per heavy atom. The van der Waals surface area contributed by atoms with Crippen LogP contribution in [0.3, 0.4) is 0 Å². The van der Waals surface area contributed by atoms with E-state index in [1.807, 2.05) is 36.4 Å².